The first-order valence-electron chi connectivity index (χ1n) is 6.34. The van der Waals surface area contributed by atoms with Gasteiger partial charge in [-0.2, -0.15) is 0 Å². The number of piperazine rings is 1. The summed E-state index contributed by atoms with van der Waals surface area (Å²) in [5.74, 6) is 0.592. The zero-order valence-corrected chi connectivity index (χ0v) is 11.9. The van der Waals surface area contributed by atoms with E-state index in [-0.39, 0.29) is 17.7 Å². The number of amides is 2. The Morgan fingerprint density at radius 1 is 1.11 bits per heavy atom. The van der Waals surface area contributed by atoms with Gasteiger partial charge >= 0.3 is 0 Å². The maximum Gasteiger partial charge on any atom is 0.253 e. The molecular weight excluding hydrogens is 260 g/mol. The molecule has 0 aromatic heterocycles. The standard InChI is InChI=1S/C14H18N2O2S/c1-9(2)11-12(17)16-14(13(18)15-11)19-8-10-6-4-3-5-7-10/h3-7,9,11,14H,8H2,1-2H3,(H,15,18)(H,16,17)/t11-,14+/m0/s1. The van der Waals surface area contributed by atoms with E-state index in [2.05, 4.69) is 10.6 Å². The average molecular weight is 278 g/mol. The minimum Gasteiger partial charge on any atom is -0.342 e. The van der Waals surface area contributed by atoms with Crippen molar-refractivity contribution in [3.63, 3.8) is 0 Å². The van der Waals surface area contributed by atoms with Gasteiger partial charge in [0.25, 0.3) is 5.91 Å². The maximum absolute atomic E-state index is 11.9. The highest BCUT2D eigenvalue weighted by Crippen LogP contribution is 2.19. The number of carbonyl (C=O) groups excluding carboxylic acids is 2. The average Bonchev–Trinajstić information content (AvgIpc) is 2.40. The Kier molecular flexibility index (Phi) is 4.47. The van der Waals surface area contributed by atoms with Crippen LogP contribution in [-0.2, 0) is 15.3 Å². The van der Waals surface area contributed by atoms with Gasteiger partial charge in [0.15, 0.2) is 5.37 Å². The highest BCUT2D eigenvalue weighted by atomic mass is 32.2. The van der Waals surface area contributed by atoms with Gasteiger partial charge < -0.3 is 10.6 Å². The molecule has 5 heteroatoms. The molecule has 2 rings (SSSR count). The second kappa shape index (κ2) is 6.10. The van der Waals surface area contributed by atoms with E-state index < -0.39 is 11.4 Å². The zero-order chi connectivity index (χ0) is 13.8. The van der Waals surface area contributed by atoms with Crippen molar-refractivity contribution in [1.82, 2.24) is 10.6 Å². The Morgan fingerprint density at radius 2 is 1.79 bits per heavy atom. The van der Waals surface area contributed by atoms with Gasteiger partial charge in [0.1, 0.15) is 6.04 Å². The molecule has 1 saturated heterocycles. The molecule has 1 aliphatic rings. The number of hydrogen-bond acceptors (Lipinski definition) is 3. The maximum atomic E-state index is 11.9. The van der Waals surface area contributed by atoms with Crippen LogP contribution in [0.3, 0.4) is 0 Å². The number of nitrogens with one attached hydrogen (secondary N) is 2. The first kappa shape index (κ1) is 13.9. The Bertz CT molecular complexity index is 462. The SMILES string of the molecule is CC(C)[C@@H]1NC(=O)[C@@H](SCc2ccccc2)NC1=O. The molecule has 1 fully saturated rings. The lowest BCUT2D eigenvalue weighted by molar-refractivity contribution is -0.135. The third-order valence-electron chi connectivity index (χ3n) is 3.02. The van der Waals surface area contributed by atoms with Crippen LogP contribution >= 0.6 is 11.8 Å². The van der Waals surface area contributed by atoms with Crippen molar-refractivity contribution in [3.8, 4) is 0 Å². The van der Waals surface area contributed by atoms with E-state index in [1.165, 1.54) is 11.8 Å². The van der Waals surface area contributed by atoms with Crippen LogP contribution in [0.5, 0.6) is 0 Å². The van der Waals surface area contributed by atoms with E-state index in [4.69, 9.17) is 0 Å². The normalized spacial score (nSPS) is 23.1. The van der Waals surface area contributed by atoms with Crippen molar-refractivity contribution in [2.75, 3.05) is 0 Å². The van der Waals surface area contributed by atoms with E-state index in [1.54, 1.807) is 0 Å². The fourth-order valence-electron chi connectivity index (χ4n) is 1.92. The third-order valence-corrected chi connectivity index (χ3v) is 4.18. The van der Waals surface area contributed by atoms with Crippen LogP contribution in [0.2, 0.25) is 0 Å². The lowest BCUT2D eigenvalue weighted by atomic mass is 10.0. The molecule has 4 nitrogen and oxygen atoms in total. The molecule has 1 aromatic rings. The van der Waals surface area contributed by atoms with Crippen LogP contribution in [0.25, 0.3) is 0 Å². The minimum atomic E-state index is -0.497. The molecule has 2 atom stereocenters. The van der Waals surface area contributed by atoms with Gasteiger partial charge in [-0.3, -0.25) is 9.59 Å². The Labute approximate surface area is 117 Å². The van der Waals surface area contributed by atoms with E-state index >= 15 is 0 Å². The summed E-state index contributed by atoms with van der Waals surface area (Å²) in [5.41, 5.74) is 1.14. The van der Waals surface area contributed by atoms with Gasteiger partial charge in [0.05, 0.1) is 0 Å². The molecule has 1 aromatic carbocycles. The molecule has 102 valence electrons. The monoisotopic (exact) mass is 278 g/mol. The molecule has 0 radical (unpaired) electrons. The Morgan fingerprint density at radius 3 is 2.42 bits per heavy atom. The van der Waals surface area contributed by atoms with Crippen molar-refractivity contribution in [2.24, 2.45) is 5.92 Å². The van der Waals surface area contributed by atoms with Crippen molar-refractivity contribution >= 4 is 23.6 Å². The third kappa shape index (κ3) is 3.50. The van der Waals surface area contributed by atoms with Gasteiger partial charge in [-0.15, -0.1) is 11.8 Å². The van der Waals surface area contributed by atoms with Gasteiger partial charge in [-0.1, -0.05) is 44.2 Å². The fourth-order valence-corrected chi connectivity index (χ4v) is 2.89. The van der Waals surface area contributed by atoms with E-state index in [0.717, 1.165) is 5.56 Å². The summed E-state index contributed by atoms with van der Waals surface area (Å²) in [7, 11) is 0. The van der Waals surface area contributed by atoms with E-state index in [9.17, 15) is 9.59 Å². The predicted molar refractivity (Wildman–Crippen MR) is 76.4 cm³/mol. The molecule has 19 heavy (non-hydrogen) atoms. The lowest BCUT2D eigenvalue weighted by Crippen LogP contribution is -2.62. The Hall–Kier alpha value is -1.49. The first-order valence-corrected chi connectivity index (χ1v) is 7.39. The molecule has 2 N–H and O–H groups in total. The molecule has 0 spiro atoms. The molecule has 1 heterocycles. The number of thioether (sulfide) groups is 1. The molecule has 2 amide bonds. The van der Waals surface area contributed by atoms with Gasteiger partial charge in [0.2, 0.25) is 5.91 Å². The number of rotatable bonds is 4. The summed E-state index contributed by atoms with van der Waals surface area (Å²) in [4.78, 5) is 23.8. The number of benzene rings is 1. The van der Waals surface area contributed by atoms with E-state index in [1.807, 2.05) is 44.2 Å². The molecule has 0 saturated carbocycles. The Balaban J connectivity index is 1.92. The smallest absolute Gasteiger partial charge is 0.253 e. The first-order chi connectivity index (χ1) is 9.08. The molecule has 0 unspecified atom stereocenters. The van der Waals surface area contributed by atoms with Crippen molar-refractivity contribution in [2.45, 2.75) is 31.0 Å². The van der Waals surface area contributed by atoms with Gasteiger partial charge in [-0.05, 0) is 11.5 Å². The quantitative estimate of drug-likeness (QED) is 0.878. The van der Waals surface area contributed by atoms with Crippen molar-refractivity contribution in [3.05, 3.63) is 35.9 Å². The molecular formula is C14H18N2O2S. The highest BCUT2D eigenvalue weighted by Gasteiger charge is 2.35. The number of hydrogen-bond donors (Lipinski definition) is 2. The van der Waals surface area contributed by atoms with Crippen molar-refractivity contribution < 1.29 is 9.59 Å². The molecule has 0 aliphatic carbocycles. The molecule has 1 aliphatic heterocycles. The molecule has 0 bridgehead atoms. The number of carbonyl (C=O) groups is 2. The van der Waals surface area contributed by atoms with Crippen LogP contribution in [0, 0.1) is 5.92 Å². The minimum absolute atomic E-state index is 0.0971. The van der Waals surface area contributed by atoms with E-state index in [0.29, 0.717) is 5.75 Å². The van der Waals surface area contributed by atoms with Crippen LogP contribution in [-0.4, -0.2) is 23.2 Å². The summed E-state index contributed by atoms with van der Waals surface area (Å²) in [5, 5.41) is 5.06. The topological polar surface area (TPSA) is 58.2 Å². The summed E-state index contributed by atoms with van der Waals surface area (Å²) in [6.45, 7) is 3.84. The second-order valence-electron chi connectivity index (χ2n) is 4.92. The predicted octanol–water partition coefficient (Wildman–Crippen LogP) is 1.52. The van der Waals surface area contributed by atoms with Crippen LogP contribution in [0.15, 0.2) is 30.3 Å². The fraction of sp³-hybridized carbons (Fsp3) is 0.429. The van der Waals surface area contributed by atoms with Crippen molar-refractivity contribution in [1.29, 1.82) is 0 Å². The van der Waals surface area contributed by atoms with Crippen LogP contribution < -0.4 is 10.6 Å². The highest BCUT2D eigenvalue weighted by molar-refractivity contribution is 7.99. The summed E-state index contributed by atoms with van der Waals surface area (Å²) >= 11 is 1.43. The van der Waals surface area contributed by atoms with Gasteiger partial charge in [-0.25, -0.2) is 0 Å². The summed E-state index contributed by atoms with van der Waals surface area (Å²) in [6.07, 6.45) is 0. The summed E-state index contributed by atoms with van der Waals surface area (Å²) in [6, 6.07) is 9.48. The largest absolute Gasteiger partial charge is 0.342 e. The summed E-state index contributed by atoms with van der Waals surface area (Å²) < 4.78 is 0. The van der Waals surface area contributed by atoms with Gasteiger partial charge in [0, 0.05) is 5.75 Å². The lowest BCUT2D eigenvalue weighted by Gasteiger charge is -2.31. The van der Waals surface area contributed by atoms with Crippen LogP contribution in [0.1, 0.15) is 19.4 Å². The zero-order valence-electron chi connectivity index (χ0n) is 11.1. The van der Waals surface area contributed by atoms with Crippen LogP contribution in [0.4, 0.5) is 0 Å². The second-order valence-corrected chi connectivity index (χ2v) is 6.01.